The molecule has 0 bridgehead atoms. The van der Waals surface area contributed by atoms with Gasteiger partial charge in [0, 0.05) is 49.6 Å². The number of imidazole rings is 2. The number of amides is 13. The zero-order valence-electron chi connectivity index (χ0n) is 53.3. The molecule has 0 unspecified atom stereocenters. The first-order valence-electron chi connectivity index (χ1n) is 30.0. The predicted molar refractivity (Wildman–Crippen MR) is 330 cm³/mol. The number of nitrogens with one attached hydrogen (secondary N) is 13. The van der Waals surface area contributed by atoms with Crippen LogP contribution in [0.5, 0.6) is 0 Å². The van der Waals surface area contributed by atoms with Gasteiger partial charge in [-0.1, -0.05) is 68.2 Å². The van der Waals surface area contributed by atoms with Crippen molar-refractivity contribution in [2.24, 2.45) is 57.3 Å². The molecule has 0 spiro atoms. The standard InChI is InChI=1S/C56H93N21O15/c1-10-28(7)42(59)52(88)76-43(26(3)4)53(89)69-30(9)46(82)71-33(13-12-16-64-56(60)61)50(86)77-45(29(8)11-2)54(90)74-36(18-32-21-63-25-68-32)48(84)65-22-40(80)70-34(14-15-38(57)78)49(85)73-37(19-39(58)79)51(87)72-35(17-31-20-62-24-67-31)47(83)66-23-41(81)75-44(27(5)6)55(91)92/h20-21,24-30,33-37,42-45H,10-19,22-23,59H2,1-9H3,(H2,57,78)(H2,58,79)(H,62,67)(H,63,68)(H,65,84)(H,66,83)(H,69,89)(H,70,80)(H,71,82)(H,72,87)(H,73,85)(H,74,90)(H,75,81)(H,76,88)(H,77,86)(H,91,92)(H4,60,61,64)/t28-,29-,30-,33-,34-,35-,36-,37-,42-,43-,44-,45-/m0/s1. The molecular formula is C56H93N21O15. The Morgan fingerprint density at radius 3 is 1.42 bits per heavy atom. The number of aromatic amines is 2. The summed E-state index contributed by atoms with van der Waals surface area (Å²) in [4.78, 5) is 204. The second-order valence-corrected chi connectivity index (χ2v) is 22.9. The molecule has 0 aliphatic rings. The SMILES string of the molecule is CC[C@H](C)[C@H](N)C(=O)N[C@H](C(=O)N[C@@H](C)C(=O)N[C@@H](CCCN=C(N)N)C(=O)N[C@H](C(=O)N[C@@H](Cc1cnc[nH]1)C(=O)NCC(=O)N[C@@H](CCC(N)=O)C(=O)N[C@@H](CC(N)=O)C(=O)N[C@@H](Cc1cnc[nH]1)C(=O)NCC(=O)N[C@H](C(=O)O)C(C)C)[C@@H](C)CC)C(C)C. The highest BCUT2D eigenvalue weighted by atomic mass is 16.4. The van der Waals surface area contributed by atoms with Gasteiger partial charge in [-0.3, -0.25) is 67.3 Å². The normalized spacial score (nSPS) is 15.0. The maximum Gasteiger partial charge on any atom is 0.326 e. The lowest BCUT2D eigenvalue weighted by molar-refractivity contribution is -0.143. The number of aromatic nitrogens is 4. The van der Waals surface area contributed by atoms with Gasteiger partial charge in [-0.05, 0) is 49.9 Å². The van der Waals surface area contributed by atoms with Crippen molar-refractivity contribution < 1.29 is 72.2 Å². The molecule has 0 aliphatic heterocycles. The van der Waals surface area contributed by atoms with Gasteiger partial charge >= 0.3 is 5.97 Å². The van der Waals surface area contributed by atoms with Gasteiger partial charge in [-0.15, -0.1) is 0 Å². The molecule has 0 saturated heterocycles. The molecule has 2 aromatic heterocycles. The van der Waals surface area contributed by atoms with Crippen LogP contribution >= 0.6 is 0 Å². The molecule has 0 aliphatic carbocycles. The number of carboxylic acids is 1. The van der Waals surface area contributed by atoms with Gasteiger partial charge < -0.3 is 102 Å². The average Bonchev–Trinajstić information content (AvgIpc) is 1.27. The summed E-state index contributed by atoms with van der Waals surface area (Å²) in [6, 6.07) is -13.9. The minimum absolute atomic E-state index is 0.0293. The molecule has 0 saturated carbocycles. The molecular weight excluding hydrogens is 1210 g/mol. The number of aliphatic imine (C=N–C) groups is 1. The lowest BCUT2D eigenvalue weighted by atomic mass is 9.96. The van der Waals surface area contributed by atoms with Crippen molar-refractivity contribution in [2.45, 2.75) is 181 Å². The maximum absolute atomic E-state index is 14.4. The number of guanidine groups is 1. The zero-order chi connectivity index (χ0) is 69.5. The topological polar surface area (TPSA) is 591 Å². The van der Waals surface area contributed by atoms with E-state index in [9.17, 15) is 72.2 Å². The van der Waals surface area contributed by atoms with Gasteiger partial charge in [0.15, 0.2) is 5.96 Å². The van der Waals surface area contributed by atoms with E-state index in [2.05, 4.69) is 83.4 Å². The third-order valence-electron chi connectivity index (χ3n) is 14.6. The molecule has 2 rings (SSSR count). The number of carbonyl (C=O) groups is 14. The number of carbonyl (C=O) groups excluding carboxylic acids is 13. The number of hydrogen-bond acceptors (Lipinski definition) is 18. The molecule has 0 fully saturated rings. The van der Waals surface area contributed by atoms with Crippen LogP contribution in [0.4, 0.5) is 0 Å². The van der Waals surface area contributed by atoms with Crippen molar-refractivity contribution >= 4 is 88.7 Å². The fourth-order valence-corrected chi connectivity index (χ4v) is 8.68. The second-order valence-electron chi connectivity index (χ2n) is 22.9. The van der Waals surface area contributed by atoms with Gasteiger partial charge in [0.25, 0.3) is 0 Å². The Morgan fingerprint density at radius 1 is 0.500 bits per heavy atom. The third-order valence-corrected chi connectivity index (χ3v) is 14.6. The van der Waals surface area contributed by atoms with Crippen LogP contribution in [-0.2, 0) is 80.0 Å². The van der Waals surface area contributed by atoms with E-state index in [-0.39, 0.29) is 50.5 Å². The van der Waals surface area contributed by atoms with Crippen LogP contribution in [0.25, 0.3) is 0 Å². The predicted octanol–water partition coefficient (Wildman–Crippen LogP) is -6.46. The largest absolute Gasteiger partial charge is 0.480 e. The molecule has 12 atom stereocenters. The summed E-state index contributed by atoms with van der Waals surface area (Å²) in [6.07, 6.45) is 3.73. The van der Waals surface area contributed by atoms with Crippen LogP contribution in [0.15, 0.2) is 30.0 Å². The summed E-state index contributed by atoms with van der Waals surface area (Å²) < 4.78 is 0. The number of nitrogens with two attached hydrogens (primary N) is 5. The van der Waals surface area contributed by atoms with E-state index in [1.165, 1.54) is 32.0 Å². The van der Waals surface area contributed by atoms with Crippen molar-refractivity contribution in [3.8, 4) is 0 Å². The van der Waals surface area contributed by atoms with E-state index in [0.717, 1.165) is 0 Å². The monoisotopic (exact) mass is 1300 g/mol. The third kappa shape index (κ3) is 28.0. The minimum Gasteiger partial charge on any atom is -0.480 e. The lowest BCUT2D eigenvalue weighted by Crippen LogP contribution is -2.61. The highest BCUT2D eigenvalue weighted by molar-refractivity contribution is 5.99. The molecule has 0 radical (unpaired) electrons. The first-order chi connectivity index (χ1) is 43.2. The first kappa shape index (κ1) is 78.3. The van der Waals surface area contributed by atoms with E-state index in [1.54, 1.807) is 48.5 Å². The zero-order valence-corrected chi connectivity index (χ0v) is 53.3. The molecule has 0 aromatic carbocycles. The van der Waals surface area contributed by atoms with Crippen LogP contribution in [-0.4, -0.2) is 194 Å². The molecule has 92 heavy (non-hydrogen) atoms. The fraction of sp³-hybridized carbons (Fsp3) is 0.625. The Balaban J connectivity index is 2.36. The van der Waals surface area contributed by atoms with Crippen molar-refractivity contribution in [1.82, 2.24) is 78.4 Å². The van der Waals surface area contributed by atoms with Crippen LogP contribution in [0.2, 0.25) is 0 Å². The summed E-state index contributed by atoms with van der Waals surface area (Å²) in [5, 5.41) is 36.5. The highest BCUT2D eigenvalue weighted by Crippen LogP contribution is 2.13. The van der Waals surface area contributed by atoms with Crippen molar-refractivity contribution in [1.29, 1.82) is 0 Å². The Hall–Kier alpha value is -9.77. The van der Waals surface area contributed by atoms with Crippen molar-refractivity contribution in [3.63, 3.8) is 0 Å². The van der Waals surface area contributed by atoms with E-state index >= 15 is 0 Å². The van der Waals surface area contributed by atoms with E-state index < -0.39 is 193 Å². The lowest BCUT2D eigenvalue weighted by Gasteiger charge is -2.29. The van der Waals surface area contributed by atoms with Gasteiger partial charge in [0.1, 0.15) is 54.4 Å². The number of carboxylic acid groups (broad SMARTS) is 1. The molecule has 24 N–H and O–H groups in total. The quantitative estimate of drug-likeness (QED) is 0.0167. The number of hydrogen-bond donors (Lipinski definition) is 19. The summed E-state index contributed by atoms with van der Waals surface area (Å²) in [7, 11) is 0. The molecule has 2 heterocycles. The number of H-pyrrole nitrogens is 2. The molecule has 2 aromatic rings. The smallest absolute Gasteiger partial charge is 0.326 e. The van der Waals surface area contributed by atoms with Gasteiger partial charge in [0.2, 0.25) is 76.8 Å². The van der Waals surface area contributed by atoms with Crippen LogP contribution < -0.4 is 87.2 Å². The number of rotatable bonds is 42. The number of aliphatic carboxylic acids is 1. The van der Waals surface area contributed by atoms with E-state index in [0.29, 0.717) is 17.8 Å². The van der Waals surface area contributed by atoms with Crippen LogP contribution in [0, 0.1) is 23.7 Å². The van der Waals surface area contributed by atoms with E-state index in [1.807, 2.05) is 6.92 Å². The summed E-state index contributed by atoms with van der Waals surface area (Å²) in [5.41, 5.74) is 28.6. The van der Waals surface area contributed by atoms with E-state index in [4.69, 9.17) is 28.7 Å². The van der Waals surface area contributed by atoms with Crippen molar-refractivity contribution in [2.75, 3.05) is 19.6 Å². The Kier molecular flexibility index (Phi) is 33.5. The molecule has 36 nitrogen and oxygen atoms in total. The van der Waals surface area contributed by atoms with Crippen molar-refractivity contribution in [3.05, 3.63) is 36.4 Å². The molecule has 36 heteroatoms. The van der Waals surface area contributed by atoms with Crippen LogP contribution in [0.3, 0.4) is 0 Å². The highest BCUT2D eigenvalue weighted by Gasteiger charge is 2.37. The molecule has 13 amide bonds. The molecule has 512 valence electrons. The summed E-state index contributed by atoms with van der Waals surface area (Å²) in [5.74, 6) is -15.4. The average molecular weight is 1300 g/mol. The van der Waals surface area contributed by atoms with Gasteiger partial charge in [-0.25, -0.2) is 14.8 Å². The fourth-order valence-electron chi connectivity index (χ4n) is 8.68. The number of primary amides is 2. The Labute approximate surface area is 531 Å². The van der Waals surface area contributed by atoms with Gasteiger partial charge in [-0.2, -0.15) is 0 Å². The maximum atomic E-state index is 14.4. The Bertz CT molecular complexity index is 2870. The van der Waals surface area contributed by atoms with Crippen LogP contribution in [0.1, 0.15) is 119 Å². The summed E-state index contributed by atoms with van der Waals surface area (Å²) >= 11 is 0. The Morgan fingerprint density at radius 2 is 0.957 bits per heavy atom. The van der Waals surface area contributed by atoms with Gasteiger partial charge in [0.05, 0.1) is 38.2 Å². The summed E-state index contributed by atoms with van der Waals surface area (Å²) in [6.45, 7) is 13.3. The first-order valence-corrected chi connectivity index (χ1v) is 30.0. The number of nitrogens with zero attached hydrogens (tertiary/aromatic N) is 3. The second kappa shape index (κ2) is 39.4. The minimum atomic E-state index is -1.85.